The van der Waals surface area contributed by atoms with Crippen LogP contribution in [0.1, 0.15) is 46.0 Å². The van der Waals surface area contributed by atoms with Crippen molar-refractivity contribution >= 4 is 0 Å². The summed E-state index contributed by atoms with van der Waals surface area (Å²) in [6, 6.07) is 2.25. The van der Waals surface area contributed by atoms with Crippen molar-refractivity contribution in [3.63, 3.8) is 0 Å². The summed E-state index contributed by atoms with van der Waals surface area (Å²) < 4.78 is 0. The molecule has 62 valence electrons. The summed E-state index contributed by atoms with van der Waals surface area (Å²) in [6.45, 7) is 4.58. The highest BCUT2D eigenvalue weighted by atomic mass is 14.4. The molecular formula is C10H17N. The molecular weight excluding hydrogens is 134 g/mol. The van der Waals surface area contributed by atoms with Gasteiger partial charge in [-0.15, -0.1) is 0 Å². The van der Waals surface area contributed by atoms with Crippen molar-refractivity contribution in [3.05, 3.63) is 0 Å². The molecule has 0 bridgehead atoms. The van der Waals surface area contributed by atoms with E-state index in [0.717, 1.165) is 18.8 Å². The first-order valence-corrected chi connectivity index (χ1v) is 4.58. The largest absolute Gasteiger partial charge is 0.198 e. The Morgan fingerprint density at radius 2 is 2.09 bits per heavy atom. The molecule has 0 radical (unpaired) electrons. The van der Waals surface area contributed by atoms with Crippen molar-refractivity contribution in [2.45, 2.75) is 46.0 Å². The van der Waals surface area contributed by atoms with Gasteiger partial charge in [0, 0.05) is 6.42 Å². The van der Waals surface area contributed by atoms with E-state index in [1.807, 2.05) is 0 Å². The molecule has 1 aliphatic rings. The van der Waals surface area contributed by atoms with Crippen LogP contribution < -0.4 is 0 Å². The Balaban J connectivity index is 2.42. The Labute approximate surface area is 69.4 Å². The van der Waals surface area contributed by atoms with Gasteiger partial charge in [-0.3, -0.25) is 0 Å². The fourth-order valence-electron chi connectivity index (χ4n) is 2.05. The van der Waals surface area contributed by atoms with Gasteiger partial charge >= 0.3 is 0 Å². The van der Waals surface area contributed by atoms with Gasteiger partial charge in [0.1, 0.15) is 0 Å². The summed E-state index contributed by atoms with van der Waals surface area (Å²) in [4.78, 5) is 0. The zero-order valence-corrected chi connectivity index (χ0v) is 7.56. The molecule has 0 N–H and O–H groups in total. The van der Waals surface area contributed by atoms with Crippen LogP contribution in [-0.4, -0.2) is 0 Å². The molecule has 0 unspecified atom stereocenters. The van der Waals surface area contributed by atoms with Crippen LogP contribution in [0.2, 0.25) is 0 Å². The molecule has 1 aliphatic carbocycles. The summed E-state index contributed by atoms with van der Waals surface area (Å²) in [5, 5.41) is 8.48. The predicted molar refractivity (Wildman–Crippen MR) is 46.0 cm³/mol. The van der Waals surface area contributed by atoms with Gasteiger partial charge in [0.25, 0.3) is 0 Å². The molecule has 0 aliphatic heterocycles. The Bertz CT molecular complexity index is 160. The van der Waals surface area contributed by atoms with Gasteiger partial charge < -0.3 is 0 Å². The van der Waals surface area contributed by atoms with E-state index in [-0.39, 0.29) is 0 Å². The van der Waals surface area contributed by atoms with Crippen LogP contribution in [-0.2, 0) is 0 Å². The molecule has 0 aromatic heterocycles. The fraction of sp³-hybridized carbons (Fsp3) is 0.900. The Morgan fingerprint density at radius 3 is 2.36 bits per heavy atom. The fourth-order valence-corrected chi connectivity index (χ4v) is 2.05. The van der Waals surface area contributed by atoms with Crippen molar-refractivity contribution in [1.82, 2.24) is 0 Å². The SMILES string of the molecule is CC(C)C1(CCC#N)CCC1. The molecule has 0 saturated heterocycles. The van der Waals surface area contributed by atoms with E-state index in [1.54, 1.807) is 0 Å². The maximum atomic E-state index is 8.48. The van der Waals surface area contributed by atoms with Crippen molar-refractivity contribution in [3.8, 4) is 6.07 Å². The van der Waals surface area contributed by atoms with Crippen LogP contribution in [0.25, 0.3) is 0 Å². The van der Waals surface area contributed by atoms with Gasteiger partial charge in [-0.1, -0.05) is 20.3 Å². The summed E-state index contributed by atoms with van der Waals surface area (Å²) in [7, 11) is 0. The lowest BCUT2D eigenvalue weighted by Crippen LogP contribution is -2.34. The normalized spacial score (nSPS) is 20.9. The van der Waals surface area contributed by atoms with Gasteiger partial charge in [-0.2, -0.15) is 5.26 Å². The number of rotatable bonds is 3. The van der Waals surface area contributed by atoms with Crippen LogP contribution in [0.3, 0.4) is 0 Å². The standard InChI is InChI=1S/C10H17N/c1-9(2)10(5-3-6-10)7-4-8-11/h9H,3-7H2,1-2H3. The van der Waals surface area contributed by atoms with Crippen LogP contribution in [0.4, 0.5) is 0 Å². The monoisotopic (exact) mass is 151 g/mol. The molecule has 1 saturated carbocycles. The number of hydrogen-bond donors (Lipinski definition) is 0. The van der Waals surface area contributed by atoms with Crippen LogP contribution in [0.5, 0.6) is 0 Å². The predicted octanol–water partition coefficient (Wildman–Crippen LogP) is 3.12. The first-order chi connectivity index (χ1) is 5.21. The lowest BCUT2D eigenvalue weighted by Gasteiger charge is -2.45. The molecule has 0 atom stereocenters. The van der Waals surface area contributed by atoms with Crippen molar-refractivity contribution < 1.29 is 0 Å². The average Bonchev–Trinajstić information content (AvgIpc) is 1.85. The topological polar surface area (TPSA) is 23.8 Å². The third-order valence-corrected chi connectivity index (χ3v) is 3.31. The second-order valence-electron chi connectivity index (χ2n) is 4.03. The molecule has 0 amide bonds. The van der Waals surface area contributed by atoms with E-state index >= 15 is 0 Å². The summed E-state index contributed by atoms with van der Waals surface area (Å²) in [6.07, 6.45) is 5.96. The van der Waals surface area contributed by atoms with Crippen LogP contribution in [0.15, 0.2) is 0 Å². The van der Waals surface area contributed by atoms with Crippen molar-refractivity contribution in [2.75, 3.05) is 0 Å². The quantitative estimate of drug-likeness (QED) is 0.608. The molecule has 0 aromatic rings. The zero-order chi connectivity index (χ0) is 8.32. The van der Waals surface area contributed by atoms with Gasteiger partial charge in [0.15, 0.2) is 0 Å². The molecule has 0 heterocycles. The Kier molecular flexibility index (Phi) is 2.54. The lowest BCUT2D eigenvalue weighted by molar-refractivity contribution is 0.0592. The minimum atomic E-state index is 0.551. The zero-order valence-electron chi connectivity index (χ0n) is 7.56. The van der Waals surface area contributed by atoms with Crippen LogP contribution in [0, 0.1) is 22.7 Å². The third-order valence-electron chi connectivity index (χ3n) is 3.31. The second-order valence-corrected chi connectivity index (χ2v) is 4.03. The van der Waals surface area contributed by atoms with Crippen molar-refractivity contribution in [1.29, 1.82) is 5.26 Å². The average molecular weight is 151 g/mol. The highest BCUT2D eigenvalue weighted by Crippen LogP contribution is 2.50. The van der Waals surface area contributed by atoms with Gasteiger partial charge in [0.05, 0.1) is 6.07 Å². The highest BCUT2D eigenvalue weighted by Gasteiger charge is 2.38. The van der Waals surface area contributed by atoms with E-state index in [1.165, 1.54) is 19.3 Å². The minimum absolute atomic E-state index is 0.551. The number of hydrogen-bond acceptors (Lipinski definition) is 1. The maximum absolute atomic E-state index is 8.48. The second kappa shape index (κ2) is 3.26. The molecule has 0 aromatic carbocycles. The van der Waals surface area contributed by atoms with Gasteiger partial charge in [-0.05, 0) is 30.6 Å². The summed E-state index contributed by atoms with van der Waals surface area (Å²) in [5.74, 6) is 0.768. The highest BCUT2D eigenvalue weighted by molar-refractivity contribution is 4.92. The molecule has 1 rings (SSSR count). The van der Waals surface area contributed by atoms with Crippen molar-refractivity contribution in [2.24, 2.45) is 11.3 Å². The molecule has 1 nitrogen and oxygen atoms in total. The number of nitrogens with zero attached hydrogens (tertiary/aromatic N) is 1. The Morgan fingerprint density at radius 1 is 1.45 bits per heavy atom. The lowest BCUT2D eigenvalue weighted by atomic mass is 9.60. The van der Waals surface area contributed by atoms with E-state index in [4.69, 9.17) is 5.26 Å². The molecule has 1 heteroatoms. The number of nitriles is 1. The third kappa shape index (κ3) is 1.56. The van der Waals surface area contributed by atoms with Gasteiger partial charge in [0.2, 0.25) is 0 Å². The van der Waals surface area contributed by atoms with E-state index in [2.05, 4.69) is 19.9 Å². The Hall–Kier alpha value is -0.510. The summed E-state index contributed by atoms with van der Waals surface area (Å²) in [5.41, 5.74) is 0.551. The first kappa shape index (κ1) is 8.59. The first-order valence-electron chi connectivity index (χ1n) is 4.58. The molecule has 11 heavy (non-hydrogen) atoms. The molecule has 1 fully saturated rings. The smallest absolute Gasteiger partial charge is 0.0621 e. The van der Waals surface area contributed by atoms with E-state index in [0.29, 0.717) is 5.41 Å². The van der Waals surface area contributed by atoms with Crippen LogP contribution >= 0.6 is 0 Å². The van der Waals surface area contributed by atoms with E-state index in [9.17, 15) is 0 Å². The van der Waals surface area contributed by atoms with Gasteiger partial charge in [-0.25, -0.2) is 0 Å². The summed E-state index contributed by atoms with van der Waals surface area (Å²) >= 11 is 0. The minimum Gasteiger partial charge on any atom is -0.198 e. The van der Waals surface area contributed by atoms with E-state index < -0.39 is 0 Å². The molecule has 0 spiro atoms. The maximum Gasteiger partial charge on any atom is 0.0621 e.